The van der Waals surface area contributed by atoms with Gasteiger partial charge in [-0.1, -0.05) is 38.1 Å². The SMILES string of the molecule is CCc1ccc(C(C)N2CC3CNCC3C2CC)cc1. The van der Waals surface area contributed by atoms with Crippen molar-refractivity contribution in [3.63, 3.8) is 0 Å². The summed E-state index contributed by atoms with van der Waals surface area (Å²) < 4.78 is 0. The van der Waals surface area contributed by atoms with E-state index in [9.17, 15) is 0 Å². The standard InChI is InChI=1S/C18H28N2/c1-4-14-6-8-15(9-7-14)13(3)20-12-16-10-19-11-17(16)18(20)5-2/h6-9,13,16-19H,4-5,10-12H2,1-3H3. The number of likely N-dealkylation sites (tertiary alicyclic amines) is 1. The van der Waals surface area contributed by atoms with E-state index in [0.29, 0.717) is 6.04 Å². The molecule has 110 valence electrons. The number of nitrogens with zero attached hydrogens (tertiary/aromatic N) is 1. The van der Waals surface area contributed by atoms with E-state index in [2.05, 4.69) is 55.3 Å². The summed E-state index contributed by atoms with van der Waals surface area (Å²) in [6.07, 6.45) is 2.41. The fourth-order valence-electron chi connectivity index (χ4n) is 4.26. The molecule has 2 aliphatic rings. The molecule has 1 N–H and O–H groups in total. The number of benzene rings is 1. The zero-order chi connectivity index (χ0) is 14.1. The van der Waals surface area contributed by atoms with E-state index in [1.807, 2.05) is 0 Å². The zero-order valence-electron chi connectivity index (χ0n) is 13.1. The van der Waals surface area contributed by atoms with E-state index in [4.69, 9.17) is 0 Å². The summed E-state index contributed by atoms with van der Waals surface area (Å²) in [5, 5.41) is 3.58. The van der Waals surface area contributed by atoms with E-state index in [1.165, 1.54) is 37.2 Å². The summed E-state index contributed by atoms with van der Waals surface area (Å²) in [5.74, 6) is 1.75. The molecule has 0 aliphatic carbocycles. The second-order valence-corrected chi connectivity index (χ2v) is 6.53. The number of hydrogen-bond donors (Lipinski definition) is 1. The minimum Gasteiger partial charge on any atom is -0.316 e. The lowest BCUT2D eigenvalue weighted by Crippen LogP contribution is -2.36. The largest absolute Gasteiger partial charge is 0.316 e. The Morgan fingerprint density at radius 3 is 2.60 bits per heavy atom. The second kappa shape index (κ2) is 5.87. The molecule has 20 heavy (non-hydrogen) atoms. The van der Waals surface area contributed by atoms with Crippen molar-refractivity contribution in [2.45, 2.75) is 45.7 Å². The summed E-state index contributed by atoms with van der Waals surface area (Å²) in [5.41, 5.74) is 2.92. The summed E-state index contributed by atoms with van der Waals surface area (Å²) in [4.78, 5) is 2.76. The van der Waals surface area contributed by atoms with Crippen molar-refractivity contribution in [2.75, 3.05) is 19.6 Å². The van der Waals surface area contributed by atoms with Gasteiger partial charge in [-0.05, 0) is 55.8 Å². The Bertz CT molecular complexity index is 439. The monoisotopic (exact) mass is 272 g/mol. The first-order valence-electron chi connectivity index (χ1n) is 8.29. The quantitative estimate of drug-likeness (QED) is 0.905. The molecule has 0 bridgehead atoms. The zero-order valence-corrected chi connectivity index (χ0v) is 13.1. The molecule has 2 heterocycles. The van der Waals surface area contributed by atoms with Crippen LogP contribution in [-0.2, 0) is 6.42 Å². The van der Waals surface area contributed by atoms with Crippen molar-refractivity contribution < 1.29 is 0 Å². The number of fused-ring (bicyclic) bond motifs is 1. The molecule has 1 aromatic carbocycles. The Kier molecular flexibility index (Phi) is 4.13. The molecule has 4 unspecified atom stereocenters. The average molecular weight is 272 g/mol. The Hall–Kier alpha value is -0.860. The molecular weight excluding hydrogens is 244 g/mol. The molecular formula is C18H28N2. The maximum atomic E-state index is 3.58. The highest BCUT2D eigenvalue weighted by Crippen LogP contribution is 2.39. The summed E-state index contributed by atoms with van der Waals surface area (Å²) >= 11 is 0. The number of nitrogens with one attached hydrogen (secondary N) is 1. The summed E-state index contributed by atoms with van der Waals surface area (Å²) in [6.45, 7) is 10.7. The Morgan fingerprint density at radius 2 is 1.95 bits per heavy atom. The molecule has 2 nitrogen and oxygen atoms in total. The van der Waals surface area contributed by atoms with Gasteiger partial charge in [-0.15, -0.1) is 0 Å². The average Bonchev–Trinajstić information content (AvgIpc) is 3.06. The van der Waals surface area contributed by atoms with Gasteiger partial charge in [-0.3, -0.25) is 4.90 Å². The predicted molar refractivity (Wildman–Crippen MR) is 84.9 cm³/mol. The second-order valence-electron chi connectivity index (χ2n) is 6.53. The minimum atomic E-state index is 0.552. The minimum absolute atomic E-state index is 0.552. The molecule has 2 aliphatic heterocycles. The van der Waals surface area contributed by atoms with Crippen molar-refractivity contribution in [1.29, 1.82) is 0 Å². The molecule has 2 heteroatoms. The van der Waals surface area contributed by atoms with Crippen LogP contribution >= 0.6 is 0 Å². The van der Waals surface area contributed by atoms with Crippen LogP contribution in [-0.4, -0.2) is 30.6 Å². The Labute approximate surface area is 123 Å². The Balaban J connectivity index is 1.77. The molecule has 2 saturated heterocycles. The topological polar surface area (TPSA) is 15.3 Å². The van der Waals surface area contributed by atoms with Gasteiger partial charge in [-0.25, -0.2) is 0 Å². The molecule has 0 aromatic heterocycles. The maximum absolute atomic E-state index is 3.58. The maximum Gasteiger partial charge on any atom is 0.0323 e. The lowest BCUT2D eigenvalue weighted by Gasteiger charge is -2.32. The van der Waals surface area contributed by atoms with Gasteiger partial charge in [0.2, 0.25) is 0 Å². The highest BCUT2D eigenvalue weighted by Gasteiger charge is 2.44. The molecule has 0 radical (unpaired) electrons. The first kappa shape index (κ1) is 14.1. The van der Waals surface area contributed by atoms with E-state index in [-0.39, 0.29) is 0 Å². The highest BCUT2D eigenvalue weighted by atomic mass is 15.2. The van der Waals surface area contributed by atoms with Crippen LogP contribution in [0.5, 0.6) is 0 Å². The van der Waals surface area contributed by atoms with E-state index >= 15 is 0 Å². The summed E-state index contributed by atoms with van der Waals surface area (Å²) in [6, 6.07) is 10.6. The Morgan fingerprint density at radius 1 is 1.20 bits per heavy atom. The molecule has 1 aromatic rings. The van der Waals surface area contributed by atoms with Crippen molar-refractivity contribution in [1.82, 2.24) is 10.2 Å². The first-order valence-corrected chi connectivity index (χ1v) is 8.29. The van der Waals surface area contributed by atoms with Crippen molar-refractivity contribution in [2.24, 2.45) is 11.8 Å². The van der Waals surface area contributed by atoms with Gasteiger partial charge in [0.15, 0.2) is 0 Å². The smallest absolute Gasteiger partial charge is 0.0323 e. The number of hydrogen-bond acceptors (Lipinski definition) is 2. The molecule has 0 saturated carbocycles. The lowest BCUT2D eigenvalue weighted by molar-refractivity contribution is 0.165. The molecule has 0 amide bonds. The van der Waals surface area contributed by atoms with Crippen LogP contribution in [0.2, 0.25) is 0 Å². The fourth-order valence-corrected chi connectivity index (χ4v) is 4.26. The van der Waals surface area contributed by atoms with E-state index in [1.54, 1.807) is 0 Å². The van der Waals surface area contributed by atoms with Gasteiger partial charge in [0, 0.05) is 18.6 Å². The van der Waals surface area contributed by atoms with Crippen LogP contribution in [0.15, 0.2) is 24.3 Å². The lowest BCUT2D eigenvalue weighted by atomic mass is 9.92. The highest BCUT2D eigenvalue weighted by molar-refractivity contribution is 5.25. The third kappa shape index (κ3) is 2.40. The molecule has 3 rings (SSSR count). The van der Waals surface area contributed by atoms with Gasteiger partial charge in [0.05, 0.1) is 0 Å². The normalized spacial score (nSPS) is 31.4. The third-order valence-electron chi connectivity index (χ3n) is 5.54. The van der Waals surface area contributed by atoms with Crippen molar-refractivity contribution in [3.05, 3.63) is 35.4 Å². The van der Waals surface area contributed by atoms with Crippen LogP contribution < -0.4 is 5.32 Å². The van der Waals surface area contributed by atoms with Gasteiger partial charge in [-0.2, -0.15) is 0 Å². The summed E-state index contributed by atoms with van der Waals surface area (Å²) in [7, 11) is 0. The predicted octanol–water partition coefficient (Wildman–Crippen LogP) is 3.24. The van der Waals surface area contributed by atoms with E-state index < -0.39 is 0 Å². The van der Waals surface area contributed by atoms with Gasteiger partial charge in [0.1, 0.15) is 0 Å². The van der Waals surface area contributed by atoms with Gasteiger partial charge in [0.25, 0.3) is 0 Å². The van der Waals surface area contributed by atoms with Crippen LogP contribution in [0.25, 0.3) is 0 Å². The first-order chi connectivity index (χ1) is 9.74. The number of aryl methyl sites for hydroxylation is 1. The van der Waals surface area contributed by atoms with Gasteiger partial charge >= 0.3 is 0 Å². The van der Waals surface area contributed by atoms with Crippen molar-refractivity contribution in [3.8, 4) is 0 Å². The van der Waals surface area contributed by atoms with Crippen molar-refractivity contribution >= 4 is 0 Å². The van der Waals surface area contributed by atoms with Gasteiger partial charge < -0.3 is 5.32 Å². The third-order valence-corrected chi connectivity index (χ3v) is 5.54. The molecule has 4 atom stereocenters. The van der Waals surface area contributed by atoms with E-state index in [0.717, 1.165) is 24.3 Å². The molecule has 2 fully saturated rings. The van der Waals surface area contributed by atoms with Crippen LogP contribution in [0.1, 0.15) is 44.4 Å². The number of rotatable bonds is 4. The van der Waals surface area contributed by atoms with Crippen LogP contribution in [0.3, 0.4) is 0 Å². The molecule has 0 spiro atoms. The fraction of sp³-hybridized carbons (Fsp3) is 0.667. The van der Waals surface area contributed by atoms with Crippen LogP contribution in [0, 0.1) is 11.8 Å². The van der Waals surface area contributed by atoms with Crippen LogP contribution in [0.4, 0.5) is 0 Å².